The van der Waals surface area contributed by atoms with Crippen molar-refractivity contribution in [1.82, 2.24) is 14.2 Å². The summed E-state index contributed by atoms with van der Waals surface area (Å²) in [7, 11) is 1.66. The molecule has 1 aliphatic carbocycles. The van der Waals surface area contributed by atoms with E-state index in [0.29, 0.717) is 0 Å². The first-order chi connectivity index (χ1) is 15.1. The molecule has 3 aromatic heterocycles. The smallest absolute Gasteiger partial charge is 0.282 e. The Bertz CT molecular complexity index is 1360. The van der Waals surface area contributed by atoms with Gasteiger partial charge in [0.2, 0.25) is 0 Å². The second-order valence-electron chi connectivity index (χ2n) is 7.89. The molecule has 0 atom stereocenters. The van der Waals surface area contributed by atoms with Crippen molar-refractivity contribution in [3.63, 3.8) is 0 Å². The molecule has 3 heterocycles. The van der Waals surface area contributed by atoms with Gasteiger partial charge in [-0.2, -0.15) is 9.78 Å². The summed E-state index contributed by atoms with van der Waals surface area (Å²) in [6.07, 6.45) is 7.62. The summed E-state index contributed by atoms with van der Waals surface area (Å²) in [6.45, 7) is 4.12. The minimum absolute atomic E-state index is 0.0791. The quantitative estimate of drug-likeness (QED) is 0.442. The van der Waals surface area contributed by atoms with Gasteiger partial charge in [-0.15, -0.1) is 11.3 Å². The standard InChI is InChI=1S/C24H24N4O2S/c1-15-12-17(16(2)28(15)18-8-10-19(30-3)11-9-18)13-26-27-14-25-23-22(24(27)29)20-6-4-5-7-21(20)31-23/h8-14H,4-7H2,1-3H3/b26-13+. The van der Waals surface area contributed by atoms with Crippen LogP contribution >= 0.6 is 11.3 Å². The molecule has 7 heteroatoms. The van der Waals surface area contributed by atoms with Crippen LogP contribution in [0.5, 0.6) is 5.75 Å². The number of nitrogens with zero attached hydrogens (tertiary/aromatic N) is 4. The average molecular weight is 433 g/mol. The lowest BCUT2D eigenvalue weighted by Gasteiger charge is -2.10. The summed E-state index contributed by atoms with van der Waals surface area (Å²) in [4.78, 5) is 19.8. The molecule has 4 aromatic rings. The lowest BCUT2D eigenvalue weighted by Crippen LogP contribution is -2.18. The van der Waals surface area contributed by atoms with Crippen molar-refractivity contribution in [2.45, 2.75) is 39.5 Å². The topological polar surface area (TPSA) is 61.4 Å². The molecule has 0 radical (unpaired) electrons. The van der Waals surface area contributed by atoms with Gasteiger partial charge in [0.25, 0.3) is 5.56 Å². The fourth-order valence-electron chi connectivity index (χ4n) is 4.39. The van der Waals surface area contributed by atoms with Crippen LogP contribution in [0.25, 0.3) is 15.9 Å². The van der Waals surface area contributed by atoms with Gasteiger partial charge in [0.05, 0.1) is 18.7 Å². The number of fused-ring (bicyclic) bond motifs is 3. The Morgan fingerprint density at radius 1 is 1.16 bits per heavy atom. The van der Waals surface area contributed by atoms with Gasteiger partial charge < -0.3 is 9.30 Å². The van der Waals surface area contributed by atoms with Crippen molar-refractivity contribution < 1.29 is 4.74 Å². The van der Waals surface area contributed by atoms with Crippen LogP contribution in [0.2, 0.25) is 0 Å². The minimum atomic E-state index is -0.0791. The number of benzene rings is 1. The zero-order valence-corrected chi connectivity index (χ0v) is 18.7. The monoisotopic (exact) mass is 432 g/mol. The second kappa shape index (κ2) is 7.81. The molecule has 0 amide bonds. The largest absolute Gasteiger partial charge is 0.497 e. The first-order valence-electron chi connectivity index (χ1n) is 10.5. The van der Waals surface area contributed by atoms with Gasteiger partial charge >= 0.3 is 0 Å². The molecule has 0 N–H and O–H groups in total. The van der Waals surface area contributed by atoms with Crippen molar-refractivity contribution in [2.75, 3.05) is 7.11 Å². The molecule has 31 heavy (non-hydrogen) atoms. The number of methoxy groups -OCH3 is 1. The van der Waals surface area contributed by atoms with Crippen molar-refractivity contribution in [2.24, 2.45) is 5.10 Å². The average Bonchev–Trinajstić information content (AvgIpc) is 3.30. The molecule has 158 valence electrons. The first-order valence-corrected chi connectivity index (χ1v) is 11.3. The molecular formula is C24H24N4O2S. The van der Waals surface area contributed by atoms with Gasteiger partial charge in [-0.25, -0.2) is 4.98 Å². The molecule has 0 fully saturated rings. The molecule has 1 aliphatic rings. The second-order valence-corrected chi connectivity index (χ2v) is 8.97. The van der Waals surface area contributed by atoms with Gasteiger partial charge in [-0.1, -0.05) is 0 Å². The Hall–Kier alpha value is -3.19. The fourth-order valence-corrected chi connectivity index (χ4v) is 5.61. The van der Waals surface area contributed by atoms with E-state index in [1.807, 2.05) is 24.3 Å². The number of rotatable bonds is 4. The van der Waals surface area contributed by atoms with E-state index in [1.54, 1.807) is 24.7 Å². The fraction of sp³-hybridized carbons (Fsp3) is 0.292. The van der Waals surface area contributed by atoms with Crippen LogP contribution in [0.3, 0.4) is 0 Å². The molecule has 6 nitrogen and oxygen atoms in total. The number of hydrogen-bond donors (Lipinski definition) is 0. The van der Waals surface area contributed by atoms with Crippen molar-refractivity contribution in [1.29, 1.82) is 0 Å². The van der Waals surface area contributed by atoms with Crippen molar-refractivity contribution >= 4 is 27.8 Å². The Kier molecular flexibility index (Phi) is 4.98. The molecule has 1 aromatic carbocycles. The van der Waals surface area contributed by atoms with Crippen LogP contribution in [0.4, 0.5) is 0 Å². The Morgan fingerprint density at radius 3 is 2.71 bits per heavy atom. The lowest BCUT2D eigenvalue weighted by molar-refractivity contribution is 0.414. The third kappa shape index (κ3) is 3.39. The van der Waals surface area contributed by atoms with Crippen LogP contribution < -0.4 is 10.3 Å². The summed E-state index contributed by atoms with van der Waals surface area (Å²) in [6, 6.07) is 10.0. The zero-order chi connectivity index (χ0) is 21.5. The molecule has 0 saturated heterocycles. The third-order valence-electron chi connectivity index (χ3n) is 5.98. The molecule has 0 saturated carbocycles. The van der Waals surface area contributed by atoms with Crippen molar-refractivity contribution in [3.8, 4) is 11.4 Å². The first kappa shape index (κ1) is 19.8. The van der Waals surface area contributed by atoms with E-state index in [0.717, 1.165) is 57.9 Å². The number of ether oxygens (including phenoxy) is 1. The maximum absolute atomic E-state index is 13.1. The van der Waals surface area contributed by atoms with Gasteiger partial charge in [0.1, 0.15) is 16.9 Å². The van der Waals surface area contributed by atoms with E-state index in [9.17, 15) is 4.79 Å². The van der Waals surface area contributed by atoms with Crippen LogP contribution in [0.1, 0.15) is 40.2 Å². The summed E-state index contributed by atoms with van der Waals surface area (Å²) >= 11 is 1.66. The summed E-state index contributed by atoms with van der Waals surface area (Å²) in [5, 5.41) is 5.23. The summed E-state index contributed by atoms with van der Waals surface area (Å²) < 4.78 is 8.79. The molecule has 0 unspecified atom stereocenters. The highest BCUT2D eigenvalue weighted by atomic mass is 32.1. The van der Waals surface area contributed by atoms with Crippen LogP contribution in [0.15, 0.2) is 46.6 Å². The maximum Gasteiger partial charge on any atom is 0.282 e. The predicted octanol–water partition coefficient (Wildman–Crippen LogP) is 4.64. The predicted molar refractivity (Wildman–Crippen MR) is 125 cm³/mol. The molecule has 0 aliphatic heterocycles. The summed E-state index contributed by atoms with van der Waals surface area (Å²) in [5.74, 6) is 0.825. The molecular weight excluding hydrogens is 408 g/mol. The number of aromatic nitrogens is 3. The zero-order valence-electron chi connectivity index (χ0n) is 17.9. The van der Waals surface area contributed by atoms with E-state index in [4.69, 9.17) is 4.74 Å². The van der Waals surface area contributed by atoms with Gasteiger partial charge in [-0.3, -0.25) is 4.79 Å². The van der Waals surface area contributed by atoms with Crippen molar-refractivity contribution in [3.05, 3.63) is 74.4 Å². The van der Waals surface area contributed by atoms with E-state index >= 15 is 0 Å². The van der Waals surface area contributed by atoms with E-state index < -0.39 is 0 Å². The normalized spacial score (nSPS) is 13.8. The third-order valence-corrected chi connectivity index (χ3v) is 7.18. The van der Waals surface area contributed by atoms with E-state index in [1.165, 1.54) is 27.9 Å². The van der Waals surface area contributed by atoms with Crippen LogP contribution in [-0.4, -0.2) is 27.6 Å². The van der Waals surface area contributed by atoms with Crippen LogP contribution in [0, 0.1) is 13.8 Å². The highest BCUT2D eigenvalue weighted by Crippen LogP contribution is 2.33. The minimum Gasteiger partial charge on any atom is -0.497 e. The molecule has 0 spiro atoms. The highest BCUT2D eigenvalue weighted by Gasteiger charge is 2.20. The van der Waals surface area contributed by atoms with Gasteiger partial charge in [-0.05, 0) is 75.4 Å². The van der Waals surface area contributed by atoms with Gasteiger partial charge in [0.15, 0.2) is 0 Å². The van der Waals surface area contributed by atoms with E-state index in [2.05, 4.69) is 34.6 Å². The Balaban J connectivity index is 1.51. The Labute approximate surface area is 184 Å². The molecule has 5 rings (SSSR count). The highest BCUT2D eigenvalue weighted by molar-refractivity contribution is 7.18. The van der Waals surface area contributed by atoms with Gasteiger partial charge in [0, 0.05) is 27.5 Å². The van der Waals surface area contributed by atoms with E-state index in [-0.39, 0.29) is 5.56 Å². The maximum atomic E-state index is 13.1. The Morgan fingerprint density at radius 2 is 1.94 bits per heavy atom. The lowest BCUT2D eigenvalue weighted by atomic mass is 9.97. The molecule has 0 bridgehead atoms. The summed E-state index contributed by atoms with van der Waals surface area (Å²) in [5.41, 5.74) is 5.28. The van der Waals surface area contributed by atoms with Crippen LogP contribution in [-0.2, 0) is 12.8 Å². The number of thiophene rings is 1. The SMILES string of the molecule is COc1ccc(-n2c(C)cc(/C=N/n3cnc4sc5c(c4c3=O)CCCC5)c2C)cc1. The number of hydrogen-bond acceptors (Lipinski definition) is 5. The number of aryl methyl sites for hydroxylation is 3.